The van der Waals surface area contributed by atoms with Crippen molar-refractivity contribution in [2.75, 3.05) is 5.73 Å². The summed E-state index contributed by atoms with van der Waals surface area (Å²) < 4.78 is 18.8. The van der Waals surface area contributed by atoms with E-state index in [4.69, 9.17) is 10.3 Å². The van der Waals surface area contributed by atoms with Gasteiger partial charge in [-0.2, -0.15) is 0 Å². The van der Waals surface area contributed by atoms with Gasteiger partial charge < -0.3 is 10.3 Å². The molecule has 2 heterocycles. The normalized spacial score (nSPS) is 10.6. The fourth-order valence-corrected chi connectivity index (χ4v) is 1.94. The van der Waals surface area contributed by atoms with Crippen LogP contribution in [0.4, 0.5) is 10.3 Å². The standard InChI is InChI=1S/C14H10FN3O/c15-11-8-17-7-6-10(11)13-12(14(16)19-18-13)9-4-2-1-3-5-9/h1-8H,16H2. The molecule has 2 N–H and O–H groups in total. The van der Waals surface area contributed by atoms with Gasteiger partial charge >= 0.3 is 0 Å². The van der Waals surface area contributed by atoms with Crippen LogP contribution in [0.3, 0.4) is 0 Å². The lowest BCUT2D eigenvalue weighted by Crippen LogP contribution is -1.90. The predicted molar refractivity (Wildman–Crippen MR) is 69.5 cm³/mol. The molecule has 3 aromatic rings. The summed E-state index contributed by atoms with van der Waals surface area (Å²) in [5, 5.41) is 3.86. The number of nitrogens with zero attached hydrogens (tertiary/aromatic N) is 2. The molecule has 1 aromatic carbocycles. The fraction of sp³-hybridized carbons (Fsp3) is 0. The van der Waals surface area contributed by atoms with E-state index in [-0.39, 0.29) is 5.88 Å². The van der Waals surface area contributed by atoms with Gasteiger partial charge in [0, 0.05) is 11.8 Å². The van der Waals surface area contributed by atoms with Crippen LogP contribution in [0, 0.1) is 5.82 Å². The van der Waals surface area contributed by atoms with Crippen molar-refractivity contribution in [3.8, 4) is 22.4 Å². The highest BCUT2D eigenvalue weighted by Gasteiger charge is 2.19. The number of benzene rings is 1. The van der Waals surface area contributed by atoms with Crippen LogP contribution in [0.25, 0.3) is 22.4 Å². The Hall–Kier alpha value is -2.69. The Morgan fingerprint density at radius 3 is 2.63 bits per heavy atom. The minimum atomic E-state index is -0.465. The lowest BCUT2D eigenvalue weighted by atomic mass is 10.0. The summed E-state index contributed by atoms with van der Waals surface area (Å²) in [7, 11) is 0. The van der Waals surface area contributed by atoms with E-state index in [0.29, 0.717) is 16.8 Å². The summed E-state index contributed by atoms with van der Waals surface area (Å²) in [4.78, 5) is 3.71. The molecule has 3 rings (SSSR count). The number of rotatable bonds is 2. The second-order valence-corrected chi connectivity index (χ2v) is 3.99. The van der Waals surface area contributed by atoms with Gasteiger partial charge in [0.05, 0.1) is 11.8 Å². The van der Waals surface area contributed by atoms with E-state index in [9.17, 15) is 4.39 Å². The van der Waals surface area contributed by atoms with Crippen molar-refractivity contribution >= 4 is 5.88 Å². The number of pyridine rings is 1. The van der Waals surface area contributed by atoms with Gasteiger partial charge in [-0.1, -0.05) is 35.5 Å². The first-order chi connectivity index (χ1) is 9.27. The van der Waals surface area contributed by atoms with Gasteiger partial charge in [-0.15, -0.1) is 0 Å². The third-order valence-electron chi connectivity index (χ3n) is 2.81. The summed E-state index contributed by atoms with van der Waals surface area (Å²) in [6.45, 7) is 0. The van der Waals surface area contributed by atoms with Crippen molar-refractivity contribution in [2.24, 2.45) is 0 Å². The Morgan fingerprint density at radius 2 is 1.89 bits per heavy atom. The molecule has 0 aliphatic rings. The highest BCUT2D eigenvalue weighted by atomic mass is 19.1. The van der Waals surface area contributed by atoms with E-state index in [2.05, 4.69) is 10.1 Å². The van der Waals surface area contributed by atoms with E-state index in [1.165, 1.54) is 6.20 Å². The number of nitrogen functional groups attached to an aromatic ring is 1. The second-order valence-electron chi connectivity index (χ2n) is 3.99. The molecule has 19 heavy (non-hydrogen) atoms. The van der Waals surface area contributed by atoms with Gasteiger partial charge in [0.2, 0.25) is 5.88 Å². The predicted octanol–water partition coefficient (Wildman–Crippen LogP) is 3.12. The molecule has 0 fully saturated rings. The van der Waals surface area contributed by atoms with Gasteiger partial charge in [0.15, 0.2) is 5.82 Å². The van der Waals surface area contributed by atoms with E-state index in [0.717, 1.165) is 11.8 Å². The van der Waals surface area contributed by atoms with Gasteiger partial charge in [-0.25, -0.2) is 4.39 Å². The van der Waals surface area contributed by atoms with Crippen molar-refractivity contribution in [3.05, 3.63) is 54.6 Å². The SMILES string of the molecule is Nc1onc(-c2ccncc2F)c1-c1ccccc1. The zero-order valence-electron chi connectivity index (χ0n) is 9.88. The molecule has 0 atom stereocenters. The molecule has 0 unspecified atom stereocenters. The van der Waals surface area contributed by atoms with Gasteiger partial charge in [0.1, 0.15) is 5.69 Å². The average Bonchev–Trinajstić information content (AvgIpc) is 2.82. The van der Waals surface area contributed by atoms with Crippen LogP contribution in [0.1, 0.15) is 0 Å². The van der Waals surface area contributed by atoms with Crippen LogP contribution in [-0.4, -0.2) is 10.1 Å². The number of aromatic nitrogens is 2. The first-order valence-electron chi connectivity index (χ1n) is 5.68. The van der Waals surface area contributed by atoms with Crippen LogP contribution >= 0.6 is 0 Å². The summed E-state index contributed by atoms with van der Waals surface area (Å²) in [5.41, 5.74) is 7.90. The maximum Gasteiger partial charge on any atom is 0.230 e. The van der Waals surface area contributed by atoms with Crippen LogP contribution in [-0.2, 0) is 0 Å². The molecule has 0 saturated carbocycles. The highest BCUT2D eigenvalue weighted by Crippen LogP contribution is 2.36. The Labute approximate surface area is 108 Å². The molecule has 0 amide bonds. The number of hydrogen-bond acceptors (Lipinski definition) is 4. The van der Waals surface area contributed by atoms with E-state index in [1.54, 1.807) is 6.07 Å². The number of hydrogen-bond donors (Lipinski definition) is 1. The van der Waals surface area contributed by atoms with E-state index in [1.807, 2.05) is 30.3 Å². The molecule has 2 aromatic heterocycles. The van der Waals surface area contributed by atoms with Gasteiger partial charge in [-0.05, 0) is 11.6 Å². The Kier molecular flexibility index (Phi) is 2.72. The highest BCUT2D eigenvalue weighted by molar-refractivity contribution is 5.86. The molecular weight excluding hydrogens is 245 g/mol. The topological polar surface area (TPSA) is 64.9 Å². The molecule has 5 heteroatoms. The van der Waals surface area contributed by atoms with Crippen molar-refractivity contribution in [1.29, 1.82) is 0 Å². The second kappa shape index (κ2) is 4.53. The lowest BCUT2D eigenvalue weighted by Gasteiger charge is -2.03. The zero-order valence-corrected chi connectivity index (χ0v) is 9.88. The van der Waals surface area contributed by atoms with E-state index >= 15 is 0 Å². The zero-order chi connectivity index (χ0) is 13.2. The molecule has 0 spiro atoms. The quantitative estimate of drug-likeness (QED) is 0.764. The number of halogens is 1. The maximum atomic E-state index is 13.8. The monoisotopic (exact) mass is 255 g/mol. The van der Waals surface area contributed by atoms with Gasteiger partial charge in [0.25, 0.3) is 0 Å². The molecule has 0 radical (unpaired) electrons. The fourth-order valence-electron chi connectivity index (χ4n) is 1.94. The molecule has 94 valence electrons. The number of nitrogens with two attached hydrogens (primary N) is 1. The largest absolute Gasteiger partial charge is 0.367 e. The minimum absolute atomic E-state index is 0.164. The molecule has 4 nitrogen and oxygen atoms in total. The summed E-state index contributed by atoms with van der Waals surface area (Å²) >= 11 is 0. The van der Waals surface area contributed by atoms with Crippen molar-refractivity contribution in [2.45, 2.75) is 0 Å². The minimum Gasteiger partial charge on any atom is -0.367 e. The molecule has 0 aliphatic heterocycles. The Morgan fingerprint density at radius 1 is 1.11 bits per heavy atom. The molecule has 0 aliphatic carbocycles. The summed E-state index contributed by atoms with van der Waals surface area (Å²) in [5.74, 6) is -0.301. The van der Waals surface area contributed by atoms with Crippen molar-refractivity contribution < 1.29 is 8.91 Å². The van der Waals surface area contributed by atoms with Crippen LogP contribution in [0.2, 0.25) is 0 Å². The summed E-state index contributed by atoms with van der Waals surface area (Å²) in [6, 6.07) is 10.9. The molecule has 0 bridgehead atoms. The first-order valence-corrected chi connectivity index (χ1v) is 5.68. The van der Waals surface area contributed by atoms with Crippen LogP contribution < -0.4 is 5.73 Å². The number of anilines is 1. The third kappa shape index (κ3) is 1.95. The summed E-state index contributed by atoms with van der Waals surface area (Å²) in [6.07, 6.45) is 2.63. The Balaban J connectivity index is 2.23. The molecule has 0 saturated heterocycles. The van der Waals surface area contributed by atoms with E-state index < -0.39 is 5.82 Å². The van der Waals surface area contributed by atoms with Crippen molar-refractivity contribution in [1.82, 2.24) is 10.1 Å². The third-order valence-corrected chi connectivity index (χ3v) is 2.81. The first kappa shape index (κ1) is 11.4. The van der Waals surface area contributed by atoms with Gasteiger partial charge in [-0.3, -0.25) is 4.98 Å². The molecular formula is C14H10FN3O. The maximum absolute atomic E-state index is 13.8. The van der Waals surface area contributed by atoms with Crippen molar-refractivity contribution in [3.63, 3.8) is 0 Å². The van der Waals surface area contributed by atoms with Crippen LogP contribution in [0.5, 0.6) is 0 Å². The lowest BCUT2D eigenvalue weighted by molar-refractivity contribution is 0.439. The Bertz CT molecular complexity index is 710. The van der Waals surface area contributed by atoms with Crippen LogP contribution in [0.15, 0.2) is 53.3 Å². The smallest absolute Gasteiger partial charge is 0.230 e. The average molecular weight is 255 g/mol.